The summed E-state index contributed by atoms with van der Waals surface area (Å²) in [6.45, 7) is 5.44. The van der Waals surface area contributed by atoms with Crippen molar-refractivity contribution in [3.63, 3.8) is 0 Å². The number of carbonyl (C=O) groups is 1. The molecule has 0 N–H and O–H groups in total. The van der Waals surface area contributed by atoms with Crippen LogP contribution >= 0.6 is 11.3 Å². The van der Waals surface area contributed by atoms with Crippen LogP contribution in [-0.4, -0.2) is 15.7 Å². The molecule has 0 saturated carbocycles. The van der Waals surface area contributed by atoms with Crippen molar-refractivity contribution in [3.8, 4) is 5.69 Å². The summed E-state index contributed by atoms with van der Waals surface area (Å²) in [5.74, 6) is -0.286. The number of benzene rings is 2. The number of aromatic nitrogens is 2. The fraction of sp³-hybridized carbons (Fsp3) is 0.167. The molecule has 7 heteroatoms. The number of rotatable bonds is 3. The van der Waals surface area contributed by atoms with Crippen LogP contribution in [0.15, 0.2) is 63.8 Å². The largest absolute Gasteiger partial charge is 0.273 e. The van der Waals surface area contributed by atoms with E-state index in [9.17, 15) is 4.79 Å². The highest BCUT2D eigenvalue weighted by molar-refractivity contribution is 7.12. The Labute approximate surface area is 149 Å². The topological polar surface area (TPSA) is 72.0 Å². The minimum atomic E-state index is -0.286. The Morgan fingerprint density at radius 3 is 2.16 bits per heavy atom. The van der Waals surface area contributed by atoms with Crippen molar-refractivity contribution in [2.75, 3.05) is 0 Å². The van der Waals surface area contributed by atoms with Crippen molar-refractivity contribution in [2.45, 2.75) is 20.8 Å². The Morgan fingerprint density at radius 2 is 1.56 bits per heavy atom. The number of hydrogen-bond acceptors (Lipinski definition) is 5. The Balaban J connectivity index is 2.00. The molecule has 1 amide bonds. The highest BCUT2D eigenvalue weighted by atomic mass is 32.1. The van der Waals surface area contributed by atoms with E-state index in [2.05, 4.69) is 20.3 Å². The predicted molar refractivity (Wildman–Crippen MR) is 97.8 cm³/mol. The van der Waals surface area contributed by atoms with Crippen LogP contribution in [0.4, 0.5) is 10.8 Å². The van der Waals surface area contributed by atoms with Crippen LogP contribution in [0.1, 0.15) is 18.1 Å². The average Bonchev–Trinajstić information content (AvgIpc) is 2.97. The summed E-state index contributed by atoms with van der Waals surface area (Å²) in [5.41, 5.74) is 3.86. The van der Waals surface area contributed by atoms with Crippen LogP contribution in [0.3, 0.4) is 0 Å². The standard InChI is InChI=1S/C18H17N5OS/c1-12-4-8-15(9-5-12)20-21-17-22-23(18(25-17)19-14(3)24)16-10-6-13(2)7-11-16/h4-11H,1-3H3. The summed E-state index contributed by atoms with van der Waals surface area (Å²) in [7, 11) is 0. The van der Waals surface area contributed by atoms with Gasteiger partial charge in [0.05, 0.1) is 11.4 Å². The van der Waals surface area contributed by atoms with Crippen molar-refractivity contribution < 1.29 is 4.79 Å². The van der Waals surface area contributed by atoms with Gasteiger partial charge in [0.1, 0.15) is 0 Å². The Bertz CT molecular complexity index is 982. The maximum absolute atomic E-state index is 11.4. The Morgan fingerprint density at radius 1 is 0.960 bits per heavy atom. The fourth-order valence-corrected chi connectivity index (χ4v) is 2.86. The second kappa shape index (κ2) is 7.31. The van der Waals surface area contributed by atoms with Gasteiger partial charge >= 0.3 is 0 Å². The molecule has 3 aromatic rings. The summed E-state index contributed by atoms with van der Waals surface area (Å²) in [4.78, 5) is 15.9. The molecule has 0 aliphatic rings. The monoisotopic (exact) mass is 351 g/mol. The lowest BCUT2D eigenvalue weighted by Gasteiger charge is -2.00. The summed E-state index contributed by atoms with van der Waals surface area (Å²) in [6, 6.07) is 15.5. The van der Waals surface area contributed by atoms with E-state index in [-0.39, 0.29) is 5.91 Å². The number of azo groups is 1. The van der Waals surface area contributed by atoms with Gasteiger partial charge in [-0.25, -0.2) is 4.68 Å². The first-order chi connectivity index (χ1) is 12.0. The van der Waals surface area contributed by atoms with Gasteiger partial charge in [-0.15, -0.1) is 15.3 Å². The van der Waals surface area contributed by atoms with Crippen molar-refractivity contribution in [1.29, 1.82) is 0 Å². The van der Waals surface area contributed by atoms with Crippen LogP contribution in [0.25, 0.3) is 5.69 Å². The molecule has 0 fully saturated rings. The number of amides is 1. The smallest absolute Gasteiger partial charge is 0.251 e. The van der Waals surface area contributed by atoms with Gasteiger partial charge in [-0.3, -0.25) is 4.79 Å². The van der Waals surface area contributed by atoms with Gasteiger partial charge in [0.15, 0.2) is 0 Å². The quantitative estimate of drug-likeness (QED) is 0.656. The summed E-state index contributed by atoms with van der Waals surface area (Å²) in [6.07, 6.45) is 0. The molecule has 1 aromatic heterocycles. The number of aryl methyl sites for hydroxylation is 2. The first-order valence-corrected chi connectivity index (χ1v) is 8.54. The maximum atomic E-state index is 11.4. The van der Waals surface area contributed by atoms with Gasteiger partial charge in [0.25, 0.3) is 5.13 Å². The molecule has 3 rings (SSSR count). The van der Waals surface area contributed by atoms with E-state index in [1.165, 1.54) is 18.3 Å². The van der Waals surface area contributed by atoms with Crippen LogP contribution in [0, 0.1) is 13.8 Å². The van der Waals surface area contributed by atoms with Gasteiger partial charge in [-0.2, -0.15) is 4.99 Å². The zero-order chi connectivity index (χ0) is 17.8. The molecule has 2 aromatic carbocycles. The molecule has 126 valence electrons. The molecule has 0 aliphatic heterocycles. The number of carbonyl (C=O) groups excluding carboxylic acids is 1. The molecule has 6 nitrogen and oxygen atoms in total. The zero-order valence-corrected chi connectivity index (χ0v) is 15.0. The van der Waals surface area contributed by atoms with E-state index in [1.807, 2.05) is 62.4 Å². The summed E-state index contributed by atoms with van der Waals surface area (Å²) < 4.78 is 1.61. The van der Waals surface area contributed by atoms with Crippen LogP contribution in [-0.2, 0) is 4.79 Å². The second-order valence-corrected chi connectivity index (χ2v) is 6.52. The third-order valence-corrected chi connectivity index (χ3v) is 4.16. The zero-order valence-electron chi connectivity index (χ0n) is 14.2. The fourth-order valence-electron chi connectivity index (χ4n) is 2.08. The van der Waals surface area contributed by atoms with Crippen LogP contribution in [0.2, 0.25) is 0 Å². The van der Waals surface area contributed by atoms with Gasteiger partial charge < -0.3 is 0 Å². The van der Waals surface area contributed by atoms with E-state index in [0.29, 0.717) is 9.93 Å². The molecular formula is C18H17N5OS. The van der Waals surface area contributed by atoms with Gasteiger partial charge in [0.2, 0.25) is 10.7 Å². The molecule has 0 spiro atoms. The SMILES string of the molecule is CC(=O)N=c1sc(N=Nc2ccc(C)cc2)nn1-c1ccc(C)cc1. The third-order valence-electron chi connectivity index (χ3n) is 3.37. The van der Waals surface area contributed by atoms with E-state index < -0.39 is 0 Å². The van der Waals surface area contributed by atoms with E-state index in [4.69, 9.17) is 0 Å². The molecule has 25 heavy (non-hydrogen) atoms. The summed E-state index contributed by atoms with van der Waals surface area (Å²) >= 11 is 1.21. The van der Waals surface area contributed by atoms with Crippen LogP contribution in [0.5, 0.6) is 0 Å². The third kappa shape index (κ3) is 4.33. The van der Waals surface area contributed by atoms with Crippen LogP contribution < -0.4 is 4.80 Å². The molecule has 0 atom stereocenters. The lowest BCUT2D eigenvalue weighted by Crippen LogP contribution is -2.15. The lowest BCUT2D eigenvalue weighted by atomic mass is 10.2. The second-order valence-electron chi connectivity index (χ2n) is 5.58. The molecule has 0 radical (unpaired) electrons. The van der Waals surface area contributed by atoms with E-state index >= 15 is 0 Å². The Hall–Kier alpha value is -2.93. The van der Waals surface area contributed by atoms with Crippen molar-refractivity contribution in [3.05, 3.63) is 64.5 Å². The molecule has 0 saturated heterocycles. The minimum absolute atomic E-state index is 0.286. The maximum Gasteiger partial charge on any atom is 0.251 e. The highest BCUT2D eigenvalue weighted by Gasteiger charge is 2.07. The average molecular weight is 351 g/mol. The molecule has 0 unspecified atom stereocenters. The lowest BCUT2D eigenvalue weighted by molar-refractivity contribution is -0.116. The van der Waals surface area contributed by atoms with Crippen molar-refractivity contribution in [1.82, 2.24) is 9.78 Å². The van der Waals surface area contributed by atoms with Gasteiger partial charge in [0, 0.05) is 6.92 Å². The van der Waals surface area contributed by atoms with Crippen molar-refractivity contribution in [2.24, 2.45) is 15.2 Å². The minimum Gasteiger partial charge on any atom is -0.273 e. The van der Waals surface area contributed by atoms with E-state index in [1.54, 1.807) is 4.68 Å². The highest BCUT2D eigenvalue weighted by Crippen LogP contribution is 2.20. The molecule has 0 aliphatic carbocycles. The Kier molecular flexibility index (Phi) is 4.95. The van der Waals surface area contributed by atoms with E-state index in [0.717, 1.165) is 22.5 Å². The first kappa shape index (κ1) is 16.9. The van der Waals surface area contributed by atoms with Crippen molar-refractivity contribution >= 4 is 28.1 Å². The molecular weight excluding hydrogens is 334 g/mol. The van der Waals surface area contributed by atoms with Gasteiger partial charge in [-0.1, -0.05) is 46.7 Å². The van der Waals surface area contributed by atoms with Gasteiger partial charge in [-0.05, 0) is 38.1 Å². The molecule has 1 heterocycles. The predicted octanol–water partition coefficient (Wildman–Crippen LogP) is 4.41. The number of nitrogens with zero attached hydrogens (tertiary/aromatic N) is 5. The number of hydrogen-bond donors (Lipinski definition) is 0. The summed E-state index contributed by atoms with van der Waals surface area (Å²) in [5, 5.41) is 13.2. The normalized spacial score (nSPS) is 12.0. The first-order valence-electron chi connectivity index (χ1n) is 7.72. The molecule has 0 bridgehead atoms.